The van der Waals surface area contributed by atoms with Gasteiger partial charge in [-0.1, -0.05) is 12.1 Å². The quantitative estimate of drug-likeness (QED) is 0.653. The summed E-state index contributed by atoms with van der Waals surface area (Å²) < 4.78 is 15.6. The Balaban J connectivity index is 1.49. The van der Waals surface area contributed by atoms with Crippen LogP contribution >= 0.6 is 0 Å². The molecule has 3 N–H and O–H groups in total. The minimum atomic E-state index is -0.657. The van der Waals surface area contributed by atoms with Crippen LogP contribution in [0, 0.1) is 0 Å². The van der Waals surface area contributed by atoms with Crippen LogP contribution in [-0.4, -0.2) is 36.8 Å². The number of hydrogen-bond acceptors (Lipinski definition) is 6. The molecule has 0 fully saturated rings. The van der Waals surface area contributed by atoms with Gasteiger partial charge in [-0.15, -0.1) is 0 Å². The number of alkyl carbamates (subject to hydrolysis) is 1. The fourth-order valence-corrected chi connectivity index (χ4v) is 2.73. The molecule has 1 aliphatic heterocycles. The first-order chi connectivity index (χ1) is 14.7. The van der Waals surface area contributed by atoms with Gasteiger partial charge >= 0.3 is 6.09 Å². The summed E-state index contributed by atoms with van der Waals surface area (Å²) in [6.45, 7) is 5.40. The van der Waals surface area contributed by atoms with Gasteiger partial charge < -0.3 is 30.2 Å². The number of carbonyl (C=O) groups excluding carboxylic acids is 3. The molecule has 0 aliphatic carbocycles. The molecule has 164 valence electrons. The van der Waals surface area contributed by atoms with Crippen molar-refractivity contribution < 1.29 is 28.6 Å². The van der Waals surface area contributed by atoms with Crippen LogP contribution in [0.25, 0.3) is 0 Å². The van der Waals surface area contributed by atoms with Crippen molar-refractivity contribution in [2.45, 2.75) is 32.9 Å². The Morgan fingerprint density at radius 3 is 2.55 bits per heavy atom. The van der Waals surface area contributed by atoms with Crippen LogP contribution < -0.4 is 25.4 Å². The first-order valence-electron chi connectivity index (χ1n) is 9.73. The molecule has 2 aromatic rings. The molecule has 0 aromatic heterocycles. The van der Waals surface area contributed by atoms with Crippen molar-refractivity contribution in [3.05, 3.63) is 53.6 Å². The number of anilines is 1. The lowest BCUT2D eigenvalue weighted by Gasteiger charge is -2.19. The van der Waals surface area contributed by atoms with Crippen LogP contribution in [0.3, 0.4) is 0 Å². The number of fused-ring (bicyclic) bond motifs is 1. The number of benzene rings is 2. The van der Waals surface area contributed by atoms with Gasteiger partial charge in [-0.05, 0) is 56.7 Å². The Hall–Kier alpha value is -3.75. The summed E-state index contributed by atoms with van der Waals surface area (Å²) in [6.07, 6.45) is -0.657. The van der Waals surface area contributed by atoms with Crippen LogP contribution in [0.4, 0.5) is 10.5 Å². The van der Waals surface area contributed by atoms with Crippen molar-refractivity contribution in [1.29, 1.82) is 0 Å². The second-order valence-corrected chi connectivity index (χ2v) is 7.85. The zero-order valence-corrected chi connectivity index (χ0v) is 17.6. The Morgan fingerprint density at radius 2 is 1.77 bits per heavy atom. The second kappa shape index (κ2) is 9.38. The number of hydrogen-bond donors (Lipinski definition) is 3. The second-order valence-electron chi connectivity index (χ2n) is 7.85. The highest BCUT2D eigenvalue weighted by molar-refractivity contribution is 6.04. The number of ether oxygens (including phenoxy) is 3. The molecule has 3 amide bonds. The molecule has 2 aromatic carbocycles. The van der Waals surface area contributed by atoms with Gasteiger partial charge in [-0.3, -0.25) is 9.59 Å². The lowest BCUT2D eigenvalue weighted by atomic mass is 10.1. The third kappa shape index (κ3) is 6.63. The monoisotopic (exact) mass is 427 g/mol. The van der Waals surface area contributed by atoms with E-state index in [1.54, 1.807) is 57.2 Å². The number of amides is 3. The highest BCUT2D eigenvalue weighted by atomic mass is 16.7. The molecule has 31 heavy (non-hydrogen) atoms. The maximum absolute atomic E-state index is 12.5. The summed E-state index contributed by atoms with van der Waals surface area (Å²) in [5.41, 5.74) is 1.18. The zero-order chi connectivity index (χ0) is 22.4. The summed E-state index contributed by atoms with van der Waals surface area (Å²) in [6, 6.07) is 12.1. The van der Waals surface area contributed by atoms with E-state index in [1.165, 1.54) is 0 Å². The Morgan fingerprint density at radius 1 is 1.00 bits per heavy atom. The number of nitrogens with one attached hydrogen (secondary N) is 3. The van der Waals surface area contributed by atoms with Crippen molar-refractivity contribution >= 4 is 23.6 Å². The third-order valence-electron chi connectivity index (χ3n) is 4.10. The maximum Gasteiger partial charge on any atom is 0.408 e. The van der Waals surface area contributed by atoms with E-state index in [0.717, 1.165) is 5.56 Å². The van der Waals surface area contributed by atoms with Gasteiger partial charge in [0.1, 0.15) is 12.1 Å². The van der Waals surface area contributed by atoms with Crippen LogP contribution in [0.2, 0.25) is 0 Å². The summed E-state index contributed by atoms with van der Waals surface area (Å²) in [5.74, 6) is 0.487. The maximum atomic E-state index is 12.5. The normalized spacial score (nSPS) is 12.1. The molecule has 0 radical (unpaired) electrons. The molecular weight excluding hydrogens is 402 g/mol. The SMILES string of the molecule is CC(C)(C)OC(=O)NCC(=O)NCc1cccc(NC(=O)c2ccc3c(c2)OCO3)c1. The van der Waals surface area contributed by atoms with E-state index in [9.17, 15) is 14.4 Å². The van der Waals surface area contributed by atoms with Crippen molar-refractivity contribution in [1.82, 2.24) is 10.6 Å². The van der Waals surface area contributed by atoms with E-state index >= 15 is 0 Å². The highest BCUT2D eigenvalue weighted by Crippen LogP contribution is 2.32. The predicted octanol–water partition coefficient (Wildman–Crippen LogP) is 2.81. The smallest absolute Gasteiger partial charge is 0.408 e. The molecule has 0 spiro atoms. The van der Waals surface area contributed by atoms with E-state index in [1.807, 2.05) is 6.07 Å². The van der Waals surface area contributed by atoms with E-state index in [2.05, 4.69) is 16.0 Å². The molecule has 1 heterocycles. The first kappa shape index (κ1) is 21.9. The standard InChI is InChI=1S/C22H25N3O6/c1-22(2,3)31-21(28)24-12-19(26)23-11-14-5-4-6-16(9-14)25-20(27)15-7-8-17-18(10-15)30-13-29-17/h4-10H,11-13H2,1-3H3,(H,23,26)(H,24,28)(H,25,27). The highest BCUT2D eigenvalue weighted by Gasteiger charge is 2.17. The van der Waals surface area contributed by atoms with Gasteiger partial charge in [0.15, 0.2) is 11.5 Å². The van der Waals surface area contributed by atoms with Gasteiger partial charge in [-0.2, -0.15) is 0 Å². The van der Waals surface area contributed by atoms with Crippen LogP contribution in [-0.2, 0) is 16.1 Å². The van der Waals surface area contributed by atoms with Gasteiger partial charge in [0.25, 0.3) is 5.91 Å². The molecular formula is C22H25N3O6. The van der Waals surface area contributed by atoms with Crippen LogP contribution in [0.15, 0.2) is 42.5 Å². The average Bonchev–Trinajstić information content (AvgIpc) is 3.17. The third-order valence-corrected chi connectivity index (χ3v) is 4.10. The van der Waals surface area contributed by atoms with Crippen LogP contribution in [0.1, 0.15) is 36.7 Å². The van der Waals surface area contributed by atoms with Crippen molar-refractivity contribution in [2.24, 2.45) is 0 Å². The van der Waals surface area contributed by atoms with Gasteiger partial charge in [-0.25, -0.2) is 4.79 Å². The molecule has 9 nitrogen and oxygen atoms in total. The fraction of sp³-hybridized carbons (Fsp3) is 0.318. The van der Waals surface area contributed by atoms with Crippen molar-refractivity contribution in [2.75, 3.05) is 18.7 Å². The lowest BCUT2D eigenvalue weighted by Crippen LogP contribution is -2.39. The van der Waals surface area contributed by atoms with Gasteiger partial charge in [0.05, 0.1) is 0 Å². The summed E-state index contributed by atoms with van der Waals surface area (Å²) in [7, 11) is 0. The Kier molecular flexibility index (Phi) is 6.64. The summed E-state index contributed by atoms with van der Waals surface area (Å²) >= 11 is 0. The Labute approximate surface area is 180 Å². The molecule has 3 rings (SSSR count). The zero-order valence-electron chi connectivity index (χ0n) is 17.6. The lowest BCUT2D eigenvalue weighted by molar-refractivity contribution is -0.120. The number of carbonyl (C=O) groups is 3. The van der Waals surface area contributed by atoms with Crippen molar-refractivity contribution in [3.63, 3.8) is 0 Å². The largest absolute Gasteiger partial charge is 0.454 e. The van der Waals surface area contributed by atoms with E-state index in [-0.39, 0.29) is 31.7 Å². The molecule has 0 bridgehead atoms. The molecule has 0 unspecified atom stereocenters. The molecule has 9 heteroatoms. The van der Waals surface area contributed by atoms with Crippen LogP contribution in [0.5, 0.6) is 11.5 Å². The minimum Gasteiger partial charge on any atom is -0.454 e. The fourth-order valence-electron chi connectivity index (χ4n) is 2.73. The van der Waals surface area contributed by atoms with E-state index in [0.29, 0.717) is 22.7 Å². The Bertz CT molecular complexity index is 983. The van der Waals surface area contributed by atoms with E-state index in [4.69, 9.17) is 14.2 Å². The summed E-state index contributed by atoms with van der Waals surface area (Å²) in [4.78, 5) is 36.1. The topological polar surface area (TPSA) is 115 Å². The summed E-state index contributed by atoms with van der Waals surface area (Å²) in [5, 5.41) is 7.92. The minimum absolute atomic E-state index is 0.140. The molecule has 1 aliphatic rings. The van der Waals surface area contributed by atoms with E-state index < -0.39 is 11.7 Å². The molecule has 0 saturated carbocycles. The predicted molar refractivity (Wildman–Crippen MR) is 113 cm³/mol. The van der Waals surface area contributed by atoms with Gasteiger partial charge in [0.2, 0.25) is 12.7 Å². The molecule has 0 atom stereocenters. The number of rotatable bonds is 6. The van der Waals surface area contributed by atoms with Gasteiger partial charge in [0, 0.05) is 17.8 Å². The molecule has 0 saturated heterocycles. The van der Waals surface area contributed by atoms with Crippen molar-refractivity contribution in [3.8, 4) is 11.5 Å². The average molecular weight is 427 g/mol. The first-order valence-corrected chi connectivity index (χ1v) is 9.73.